The van der Waals surface area contributed by atoms with E-state index in [-0.39, 0.29) is 54.0 Å². The normalized spacial score (nSPS) is 19.9. The van der Waals surface area contributed by atoms with Gasteiger partial charge in [0, 0.05) is 34.3 Å². The van der Waals surface area contributed by atoms with E-state index >= 15 is 0 Å². The molecule has 0 saturated carbocycles. The Morgan fingerprint density at radius 2 is 1.96 bits per heavy atom. The van der Waals surface area contributed by atoms with Gasteiger partial charge in [0.15, 0.2) is 5.12 Å². The summed E-state index contributed by atoms with van der Waals surface area (Å²) in [5.41, 5.74) is 13.7. The Labute approximate surface area is 268 Å². The van der Waals surface area contributed by atoms with Gasteiger partial charge < -0.3 is 20.1 Å². The Bertz CT molecular complexity index is 1560. The number of H-pyrrole nitrogens is 1. The second-order valence-corrected chi connectivity index (χ2v) is 13.6. The van der Waals surface area contributed by atoms with E-state index in [1.165, 1.54) is 25.3 Å². The van der Waals surface area contributed by atoms with Crippen LogP contribution in [0.3, 0.4) is 0 Å². The van der Waals surface area contributed by atoms with E-state index in [2.05, 4.69) is 15.0 Å². The van der Waals surface area contributed by atoms with Crippen molar-refractivity contribution in [3.63, 3.8) is 0 Å². The van der Waals surface area contributed by atoms with Crippen molar-refractivity contribution in [1.82, 2.24) is 9.55 Å². The first-order valence-corrected chi connectivity index (χ1v) is 15.9. The van der Waals surface area contributed by atoms with Gasteiger partial charge >= 0.3 is 19.5 Å². The lowest BCUT2D eigenvalue weighted by molar-refractivity contribution is -0.138. The van der Waals surface area contributed by atoms with Gasteiger partial charge in [0.2, 0.25) is 0 Å². The topological polar surface area (TPSA) is 238 Å². The van der Waals surface area contributed by atoms with Crippen LogP contribution in [0.4, 0.5) is 0 Å². The number of aromatic amines is 1. The molecule has 3 unspecified atom stereocenters. The summed E-state index contributed by atoms with van der Waals surface area (Å²) in [6.45, 7) is 6.20. The molecular formula is C26H36ClN6O10PS. The van der Waals surface area contributed by atoms with Gasteiger partial charge in [-0.15, -0.1) is 12.4 Å². The zero-order valence-corrected chi connectivity index (χ0v) is 27.5. The fraction of sp³-hybridized carbons (Fsp3) is 0.538. The van der Waals surface area contributed by atoms with Gasteiger partial charge in [-0.3, -0.25) is 33.0 Å². The molecule has 1 fully saturated rings. The Kier molecular flexibility index (Phi) is 13.9. The molecule has 19 heteroatoms. The number of carboxylic acids is 1. The molecule has 4 N–H and O–H groups in total. The van der Waals surface area contributed by atoms with E-state index in [4.69, 9.17) is 34.7 Å². The number of azide groups is 1. The van der Waals surface area contributed by atoms with Crippen LogP contribution in [-0.2, 0) is 34.4 Å². The summed E-state index contributed by atoms with van der Waals surface area (Å²) in [4.78, 5) is 52.5. The van der Waals surface area contributed by atoms with Gasteiger partial charge in [-0.1, -0.05) is 49.8 Å². The van der Waals surface area contributed by atoms with Crippen LogP contribution in [0, 0.1) is 12.3 Å². The Morgan fingerprint density at radius 1 is 1.29 bits per heavy atom. The molecule has 0 spiro atoms. The Morgan fingerprint density at radius 3 is 2.56 bits per heavy atom. The van der Waals surface area contributed by atoms with Crippen molar-refractivity contribution in [1.29, 1.82) is 0 Å². The second-order valence-electron chi connectivity index (χ2n) is 11.0. The maximum absolute atomic E-state index is 13.8. The number of carboxylic acid groups (broad SMARTS) is 1. The summed E-state index contributed by atoms with van der Waals surface area (Å²) < 4.78 is 37.6. The lowest BCUT2D eigenvalue weighted by atomic mass is 10.00. The van der Waals surface area contributed by atoms with Gasteiger partial charge in [0.1, 0.15) is 18.0 Å². The zero-order valence-electron chi connectivity index (χ0n) is 25.0. The summed E-state index contributed by atoms with van der Waals surface area (Å²) >= 11 is 0.999. The van der Waals surface area contributed by atoms with Gasteiger partial charge in [-0.05, 0) is 36.6 Å². The second kappa shape index (κ2) is 16.4. The molecule has 1 aromatic carbocycles. The van der Waals surface area contributed by atoms with Crippen LogP contribution in [-0.4, -0.2) is 62.9 Å². The fourth-order valence-electron chi connectivity index (χ4n) is 3.94. The highest BCUT2D eigenvalue weighted by molar-refractivity contribution is 8.13. The summed E-state index contributed by atoms with van der Waals surface area (Å²) in [7, 11) is -4.39. The molecule has 0 amide bonds. The molecule has 2 aromatic rings. The van der Waals surface area contributed by atoms with Crippen molar-refractivity contribution in [2.75, 3.05) is 19.0 Å². The van der Waals surface area contributed by atoms with Crippen LogP contribution in [0.15, 0.2) is 45.2 Å². The number of nitrogens with zero attached hydrogens (tertiary/aromatic N) is 4. The molecule has 248 valence electrons. The number of aryl methyl sites for hydroxylation is 1. The molecule has 1 aromatic heterocycles. The largest absolute Gasteiger partial charge is 0.530 e. The third kappa shape index (κ3) is 11.0. The highest BCUT2D eigenvalue weighted by Gasteiger charge is 2.39. The van der Waals surface area contributed by atoms with Crippen molar-refractivity contribution in [3.8, 4) is 5.75 Å². The summed E-state index contributed by atoms with van der Waals surface area (Å²) in [5.74, 6) is -0.932. The number of phosphoric acid groups is 1. The van der Waals surface area contributed by atoms with Crippen LogP contribution in [0.5, 0.6) is 5.75 Å². The molecule has 1 aliphatic heterocycles. The third-order valence-corrected chi connectivity index (χ3v) is 8.99. The maximum atomic E-state index is 13.8. The third-order valence-electron chi connectivity index (χ3n) is 6.35. The molecule has 0 aliphatic carbocycles. The quantitative estimate of drug-likeness (QED) is 0.0845. The number of hydrogen-bond acceptors (Lipinski definition) is 12. The Balaban J connectivity index is 0.00000705. The van der Waals surface area contributed by atoms with Crippen molar-refractivity contribution in [2.24, 2.45) is 16.3 Å². The monoisotopic (exact) mass is 690 g/mol. The number of carbonyl (C=O) groups is 2. The van der Waals surface area contributed by atoms with Gasteiger partial charge in [-0.25, -0.2) is 9.36 Å². The first kappa shape index (κ1) is 38.0. The first-order chi connectivity index (χ1) is 20.6. The molecule has 3 rings (SSSR count). The standard InChI is InChI=1S/C26H35N6O10PS.ClH/c1-15-13-32(25(37)29-22(15)33)21-12-19(30-31-28)20(41-21)14-40-43(38,39-9-10-44-24(36)26(2,3)4)42-17-7-5-16(6-8-17)11-18(27)23(34)35;/h5-8,13,18-21H,9-12,14,27H2,1-4H3,(H,34,35)(H,29,33,37);1H/t18?,19?,20-,21-,43?;/m1./s1. The molecule has 0 radical (unpaired) electrons. The number of ether oxygens (including phenoxy) is 1. The summed E-state index contributed by atoms with van der Waals surface area (Å²) in [5, 5.41) is 12.7. The minimum absolute atomic E-state index is 0. The van der Waals surface area contributed by atoms with Crippen LogP contribution >= 0.6 is 32.0 Å². The predicted molar refractivity (Wildman–Crippen MR) is 168 cm³/mol. The number of hydrogen-bond donors (Lipinski definition) is 3. The molecule has 5 atom stereocenters. The number of halogens is 1. The van der Waals surface area contributed by atoms with Crippen LogP contribution in [0.1, 0.15) is 44.5 Å². The van der Waals surface area contributed by atoms with Crippen molar-refractivity contribution < 1.29 is 37.6 Å². The highest BCUT2D eigenvalue weighted by Crippen LogP contribution is 2.50. The number of carbonyl (C=O) groups excluding carboxylic acids is 1. The van der Waals surface area contributed by atoms with Crippen LogP contribution in [0.2, 0.25) is 0 Å². The van der Waals surface area contributed by atoms with E-state index < -0.39 is 61.5 Å². The van der Waals surface area contributed by atoms with Crippen molar-refractivity contribution in [2.45, 2.75) is 65.0 Å². The molecule has 1 saturated heterocycles. The van der Waals surface area contributed by atoms with Crippen LogP contribution in [0.25, 0.3) is 10.4 Å². The highest BCUT2D eigenvalue weighted by atomic mass is 35.5. The number of nitrogens with two attached hydrogens (primary N) is 1. The molecule has 16 nitrogen and oxygen atoms in total. The summed E-state index contributed by atoms with van der Waals surface area (Å²) in [6, 6.07) is 4.03. The SMILES string of the molecule is Cc1cn([C@H]2CC(N=[N+]=[N-])[C@@H](COP(=O)(OCCSC(=O)C(C)(C)C)Oc3ccc(CC(N)C(=O)O)cc3)O2)c(=O)[nH]c1=O.Cl. The van der Waals surface area contributed by atoms with E-state index in [9.17, 15) is 23.7 Å². The minimum atomic E-state index is -4.39. The number of aromatic nitrogens is 2. The molecule has 45 heavy (non-hydrogen) atoms. The first-order valence-electron chi connectivity index (χ1n) is 13.5. The predicted octanol–water partition coefficient (Wildman–Crippen LogP) is 3.71. The lowest BCUT2D eigenvalue weighted by Crippen LogP contribution is -2.33. The van der Waals surface area contributed by atoms with E-state index in [1.807, 2.05) is 0 Å². The van der Waals surface area contributed by atoms with E-state index in [0.717, 1.165) is 16.3 Å². The molecule has 0 bridgehead atoms. The number of rotatable bonds is 14. The van der Waals surface area contributed by atoms with Gasteiger partial charge in [0.05, 0.1) is 25.4 Å². The van der Waals surface area contributed by atoms with Gasteiger partial charge in [-0.2, -0.15) is 0 Å². The number of nitrogens with one attached hydrogen (secondary N) is 1. The summed E-state index contributed by atoms with van der Waals surface area (Å²) in [6.07, 6.45) is -0.470. The number of aliphatic carboxylic acids is 1. The lowest BCUT2D eigenvalue weighted by Gasteiger charge is -2.22. The van der Waals surface area contributed by atoms with Crippen molar-refractivity contribution in [3.05, 3.63) is 72.9 Å². The maximum Gasteiger partial charge on any atom is 0.530 e. The molecular weight excluding hydrogens is 655 g/mol. The average molecular weight is 691 g/mol. The fourth-order valence-corrected chi connectivity index (χ4v) is 6.05. The number of benzene rings is 1. The van der Waals surface area contributed by atoms with E-state index in [0.29, 0.717) is 5.56 Å². The van der Waals surface area contributed by atoms with Gasteiger partial charge in [0.25, 0.3) is 5.56 Å². The number of thioether (sulfide) groups is 1. The molecule has 1 aliphatic rings. The van der Waals surface area contributed by atoms with Crippen molar-refractivity contribution >= 4 is 43.1 Å². The Hall–Kier alpha value is -3.14. The number of phosphoric ester groups is 1. The minimum Gasteiger partial charge on any atom is -0.480 e. The molecule has 2 heterocycles. The smallest absolute Gasteiger partial charge is 0.480 e. The zero-order chi connectivity index (χ0) is 32.7. The van der Waals surface area contributed by atoms with E-state index in [1.54, 1.807) is 32.9 Å². The average Bonchev–Trinajstić information content (AvgIpc) is 3.35. The van der Waals surface area contributed by atoms with Crippen LogP contribution < -0.4 is 21.5 Å².